The number of amides is 1. The Kier molecular flexibility index (Phi) is 3.35. The molecule has 0 aliphatic carbocycles. The second-order valence-corrected chi connectivity index (χ2v) is 3.03. The number of hydrogen-bond acceptors (Lipinski definition) is 4. The zero-order chi connectivity index (χ0) is 11.4. The van der Waals surface area contributed by atoms with E-state index >= 15 is 0 Å². The second-order valence-electron chi connectivity index (χ2n) is 3.03. The van der Waals surface area contributed by atoms with Crippen LogP contribution in [0.1, 0.15) is 16.2 Å². The van der Waals surface area contributed by atoms with E-state index in [-0.39, 0.29) is 12.1 Å². The van der Waals surface area contributed by atoms with E-state index in [1.165, 1.54) is 6.07 Å². The molecule has 1 amide bonds. The first-order chi connectivity index (χ1) is 7.00. The summed E-state index contributed by atoms with van der Waals surface area (Å²) in [6.07, 6.45) is 0.0659. The molecule has 0 fully saturated rings. The van der Waals surface area contributed by atoms with Crippen molar-refractivity contribution in [3.05, 3.63) is 29.6 Å². The van der Waals surface area contributed by atoms with Crippen molar-refractivity contribution < 1.29 is 14.7 Å². The van der Waals surface area contributed by atoms with Crippen LogP contribution >= 0.6 is 0 Å². The van der Waals surface area contributed by atoms with Crippen molar-refractivity contribution in [2.45, 2.75) is 12.5 Å². The molecule has 15 heavy (non-hydrogen) atoms. The number of carbonyl (C=O) groups is 2. The Labute approximate surface area is 85.9 Å². The third kappa shape index (κ3) is 3.03. The Morgan fingerprint density at radius 2 is 2.13 bits per heavy atom. The highest BCUT2D eigenvalue weighted by Crippen LogP contribution is 2.01. The van der Waals surface area contributed by atoms with Crippen LogP contribution in [0, 0.1) is 0 Å². The van der Waals surface area contributed by atoms with Gasteiger partial charge in [-0.3, -0.25) is 9.59 Å². The number of nitrogens with zero attached hydrogens (tertiary/aromatic N) is 1. The molecule has 0 saturated heterocycles. The minimum atomic E-state index is -1.11. The highest BCUT2D eigenvalue weighted by Gasteiger charge is 2.13. The lowest BCUT2D eigenvalue weighted by molar-refractivity contribution is -0.138. The fourth-order valence-corrected chi connectivity index (χ4v) is 1.04. The van der Waals surface area contributed by atoms with Gasteiger partial charge in [-0.1, -0.05) is 6.07 Å². The number of carboxylic acids is 1. The molecular formula is C9H11N3O3. The zero-order valence-electron chi connectivity index (χ0n) is 7.88. The summed E-state index contributed by atoms with van der Waals surface area (Å²) < 4.78 is 0. The fraction of sp³-hybridized carbons (Fsp3) is 0.222. The van der Waals surface area contributed by atoms with E-state index < -0.39 is 17.9 Å². The van der Waals surface area contributed by atoms with E-state index in [1.54, 1.807) is 12.1 Å². The van der Waals surface area contributed by atoms with Crippen molar-refractivity contribution in [2.24, 2.45) is 11.5 Å². The number of carboxylic acid groups (broad SMARTS) is 1. The first-order valence-corrected chi connectivity index (χ1v) is 4.25. The van der Waals surface area contributed by atoms with Crippen LogP contribution < -0.4 is 11.5 Å². The van der Waals surface area contributed by atoms with Gasteiger partial charge in [0.1, 0.15) is 11.7 Å². The smallest absolute Gasteiger partial charge is 0.320 e. The molecule has 1 rings (SSSR count). The topological polar surface area (TPSA) is 119 Å². The number of hydrogen-bond donors (Lipinski definition) is 3. The van der Waals surface area contributed by atoms with Gasteiger partial charge in [0.15, 0.2) is 0 Å². The Hall–Kier alpha value is -1.95. The third-order valence-corrected chi connectivity index (χ3v) is 1.81. The quantitative estimate of drug-likeness (QED) is 0.595. The molecule has 1 aromatic heterocycles. The maximum Gasteiger partial charge on any atom is 0.320 e. The van der Waals surface area contributed by atoms with Gasteiger partial charge < -0.3 is 16.6 Å². The Balaban J connectivity index is 2.82. The molecule has 0 aromatic carbocycles. The summed E-state index contributed by atoms with van der Waals surface area (Å²) in [6.45, 7) is 0. The molecule has 1 heterocycles. The van der Waals surface area contributed by atoms with Crippen LogP contribution in [0.4, 0.5) is 0 Å². The van der Waals surface area contributed by atoms with E-state index in [0.29, 0.717) is 5.69 Å². The fourth-order valence-electron chi connectivity index (χ4n) is 1.04. The SMILES string of the molecule is NC(=O)c1cccc(C[C@H](N)C(=O)O)n1. The van der Waals surface area contributed by atoms with Crippen molar-refractivity contribution in [1.82, 2.24) is 4.98 Å². The van der Waals surface area contributed by atoms with Crippen molar-refractivity contribution >= 4 is 11.9 Å². The summed E-state index contributed by atoms with van der Waals surface area (Å²) in [4.78, 5) is 25.1. The Morgan fingerprint density at radius 3 is 2.67 bits per heavy atom. The predicted octanol–water partition coefficient (Wildman–Crippen LogP) is -0.865. The number of aliphatic carboxylic acids is 1. The first kappa shape index (κ1) is 11.1. The largest absolute Gasteiger partial charge is 0.480 e. The summed E-state index contributed by atoms with van der Waals surface area (Å²) in [5.74, 6) is -1.76. The average molecular weight is 209 g/mol. The third-order valence-electron chi connectivity index (χ3n) is 1.81. The molecule has 6 heteroatoms. The van der Waals surface area contributed by atoms with Crippen LogP contribution in [-0.2, 0) is 11.2 Å². The van der Waals surface area contributed by atoms with Crippen LogP contribution in [0.2, 0.25) is 0 Å². The van der Waals surface area contributed by atoms with Crippen LogP contribution in [0.15, 0.2) is 18.2 Å². The highest BCUT2D eigenvalue weighted by molar-refractivity contribution is 5.90. The molecule has 1 aromatic rings. The van der Waals surface area contributed by atoms with E-state index in [1.807, 2.05) is 0 Å². The molecule has 0 spiro atoms. The molecule has 0 saturated carbocycles. The number of nitrogens with two attached hydrogens (primary N) is 2. The van der Waals surface area contributed by atoms with Crippen LogP contribution in [0.5, 0.6) is 0 Å². The monoisotopic (exact) mass is 209 g/mol. The van der Waals surface area contributed by atoms with Crippen molar-refractivity contribution in [1.29, 1.82) is 0 Å². The number of aromatic nitrogens is 1. The minimum absolute atomic E-state index is 0.0659. The van der Waals surface area contributed by atoms with Gasteiger partial charge >= 0.3 is 5.97 Å². The first-order valence-electron chi connectivity index (χ1n) is 4.25. The van der Waals surface area contributed by atoms with Crippen molar-refractivity contribution in [3.8, 4) is 0 Å². The Morgan fingerprint density at radius 1 is 1.47 bits per heavy atom. The van der Waals surface area contributed by atoms with Gasteiger partial charge in [0.2, 0.25) is 0 Å². The second kappa shape index (κ2) is 4.52. The molecule has 1 atom stereocenters. The predicted molar refractivity (Wildman–Crippen MR) is 52.1 cm³/mol. The molecular weight excluding hydrogens is 198 g/mol. The molecule has 0 aliphatic rings. The standard InChI is InChI=1S/C9H11N3O3/c10-6(9(14)15)4-5-2-1-3-7(12-5)8(11)13/h1-3,6H,4,10H2,(H2,11,13)(H,14,15)/t6-/m0/s1. The number of primary amides is 1. The summed E-state index contributed by atoms with van der Waals surface area (Å²) in [5, 5.41) is 8.58. The molecule has 0 bridgehead atoms. The zero-order valence-corrected chi connectivity index (χ0v) is 7.88. The lowest BCUT2D eigenvalue weighted by Crippen LogP contribution is -2.32. The average Bonchev–Trinajstić information content (AvgIpc) is 2.18. The van der Waals surface area contributed by atoms with Crippen LogP contribution in [0.25, 0.3) is 0 Å². The van der Waals surface area contributed by atoms with Gasteiger partial charge in [-0.05, 0) is 12.1 Å². The van der Waals surface area contributed by atoms with Crippen LogP contribution in [0.3, 0.4) is 0 Å². The minimum Gasteiger partial charge on any atom is -0.480 e. The molecule has 6 nitrogen and oxygen atoms in total. The van der Waals surface area contributed by atoms with Crippen molar-refractivity contribution in [3.63, 3.8) is 0 Å². The van der Waals surface area contributed by atoms with Crippen molar-refractivity contribution in [2.75, 3.05) is 0 Å². The van der Waals surface area contributed by atoms with E-state index in [9.17, 15) is 9.59 Å². The van der Waals surface area contributed by atoms with Gasteiger partial charge in [0.25, 0.3) is 5.91 Å². The lowest BCUT2D eigenvalue weighted by Gasteiger charge is -2.05. The van der Waals surface area contributed by atoms with E-state index in [0.717, 1.165) is 0 Å². The normalized spacial score (nSPS) is 12.1. The number of carbonyl (C=O) groups excluding carboxylic acids is 1. The molecule has 80 valence electrons. The maximum absolute atomic E-state index is 10.8. The van der Waals surface area contributed by atoms with Gasteiger partial charge in [-0.2, -0.15) is 0 Å². The summed E-state index contributed by atoms with van der Waals surface area (Å²) in [5.41, 5.74) is 10.9. The van der Waals surface area contributed by atoms with Gasteiger partial charge in [-0.15, -0.1) is 0 Å². The molecule has 0 radical (unpaired) electrons. The van der Waals surface area contributed by atoms with Gasteiger partial charge in [0.05, 0.1) is 0 Å². The summed E-state index contributed by atoms with van der Waals surface area (Å²) >= 11 is 0. The van der Waals surface area contributed by atoms with Gasteiger partial charge in [0, 0.05) is 12.1 Å². The summed E-state index contributed by atoms with van der Waals surface area (Å²) in [7, 11) is 0. The number of rotatable bonds is 4. The number of pyridine rings is 1. The maximum atomic E-state index is 10.8. The van der Waals surface area contributed by atoms with Gasteiger partial charge in [-0.25, -0.2) is 4.98 Å². The molecule has 0 aliphatic heterocycles. The molecule has 0 unspecified atom stereocenters. The van der Waals surface area contributed by atoms with E-state index in [2.05, 4.69) is 4.98 Å². The molecule has 5 N–H and O–H groups in total. The Bertz CT molecular complexity index is 392. The summed E-state index contributed by atoms with van der Waals surface area (Å²) in [6, 6.07) is 3.60. The highest BCUT2D eigenvalue weighted by atomic mass is 16.4. The van der Waals surface area contributed by atoms with Crippen LogP contribution in [-0.4, -0.2) is 28.0 Å². The lowest BCUT2D eigenvalue weighted by atomic mass is 10.1. The van der Waals surface area contributed by atoms with E-state index in [4.69, 9.17) is 16.6 Å².